The number of likely N-dealkylation sites (tertiary alicyclic amines) is 1. The van der Waals surface area contributed by atoms with E-state index in [1.807, 2.05) is 0 Å². The van der Waals surface area contributed by atoms with Crippen LogP contribution >= 0.6 is 0 Å². The van der Waals surface area contributed by atoms with Crippen LogP contribution in [0.15, 0.2) is 0 Å². The SMILES string of the molecule is CC(C)(C)C1CCCN(CC2COCCN2)CC1. The van der Waals surface area contributed by atoms with E-state index in [4.69, 9.17) is 4.74 Å². The van der Waals surface area contributed by atoms with E-state index in [9.17, 15) is 0 Å². The first kappa shape index (κ1) is 14.3. The highest BCUT2D eigenvalue weighted by atomic mass is 16.5. The van der Waals surface area contributed by atoms with Crippen LogP contribution in [0.4, 0.5) is 0 Å². The van der Waals surface area contributed by atoms with Gasteiger partial charge < -0.3 is 15.0 Å². The molecule has 0 bridgehead atoms. The molecule has 1 N–H and O–H groups in total. The van der Waals surface area contributed by atoms with Crippen LogP contribution in [-0.2, 0) is 4.74 Å². The normalized spacial score (nSPS) is 32.2. The van der Waals surface area contributed by atoms with E-state index in [0.29, 0.717) is 11.5 Å². The van der Waals surface area contributed by atoms with Gasteiger partial charge in [-0.2, -0.15) is 0 Å². The molecule has 18 heavy (non-hydrogen) atoms. The molecule has 2 aliphatic rings. The lowest BCUT2D eigenvalue weighted by molar-refractivity contribution is 0.0619. The molecule has 0 amide bonds. The highest BCUT2D eigenvalue weighted by molar-refractivity contribution is 4.81. The third-order valence-corrected chi connectivity index (χ3v) is 4.52. The van der Waals surface area contributed by atoms with Crippen molar-refractivity contribution in [2.45, 2.75) is 46.1 Å². The van der Waals surface area contributed by atoms with Crippen molar-refractivity contribution in [2.24, 2.45) is 11.3 Å². The van der Waals surface area contributed by atoms with Gasteiger partial charge in [-0.1, -0.05) is 20.8 Å². The maximum Gasteiger partial charge on any atom is 0.0632 e. The van der Waals surface area contributed by atoms with Gasteiger partial charge in [-0.25, -0.2) is 0 Å². The molecular weight excluding hydrogens is 224 g/mol. The van der Waals surface area contributed by atoms with E-state index in [0.717, 1.165) is 32.2 Å². The van der Waals surface area contributed by atoms with Gasteiger partial charge in [0.15, 0.2) is 0 Å². The van der Waals surface area contributed by atoms with Gasteiger partial charge in [-0.3, -0.25) is 0 Å². The Hall–Kier alpha value is -0.120. The molecule has 0 aromatic heterocycles. The highest BCUT2D eigenvalue weighted by Crippen LogP contribution is 2.34. The lowest BCUT2D eigenvalue weighted by atomic mass is 9.77. The third-order valence-electron chi connectivity index (χ3n) is 4.52. The summed E-state index contributed by atoms with van der Waals surface area (Å²) in [6.07, 6.45) is 4.11. The van der Waals surface area contributed by atoms with E-state index in [1.54, 1.807) is 0 Å². The minimum atomic E-state index is 0.474. The number of hydrogen-bond acceptors (Lipinski definition) is 3. The molecule has 0 spiro atoms. The Balaban J connectivity index is 1.78. The average Bonchev–Trinajstić information content (AvgIpc) is 2.55. The van der Waals surface area contributed by atoms with Gasteiger partial charge in [-0.15, -0.1) is 0 Å². The predicted octanol–water partition coefficient (Wildman–Crippen LogP) is 2.12. The van der Waals surface area contributed by atoms with Crippen molar-refractivity contribution < 1.29 is 4.74 Å². The molecule has 2 rings (SSSR count). The summed E-state index contributed by atoms with van der Waals surface area (Å²) in [6.45, 7) is 13.7. The van der Waals surface area contributed by atoms with Crippen molar-refractivity contribution in [1.29, 1.82) is 0 Å². The van der Waals surface area contributed by atoms with Crippen molar-refractivity contribution in [3.05, 3.63) is 0 Å². The van der Waals surface area contributed by atoms with Crippen LogP contribution in [0.25, 0.3) is 0 Å². The van der Waals surface area contributed by atoms with Crippen molar-refractivity contribution >= 4 is 0 Å². The fraction of sp³-hybridized carbons (Fsp3) is 1.00. The van der Waals surface area contributed by atoms with Crippen LogP contribution in [0.2, 0.25) is 0 Å². The first-order valence-electron chi connectivity index (χ1n) is 7.59. The van der Waals surface area contributed by atoms with Gasteiger partial charge in [-0.05, 0) is 43.7 Å². The minimum absolute atomic E-state index is 0.474. The number of nitrogens with zero attached hydrogens (tertiary/aromatic N) is 1. The highest BCUT2D eigenvalue weighted by Gasteiger charge is 2.27. The second kappa shape index (κ2) is 6.36. The van der Waals surface area contributed by atoms with Crippen LogP contribution in [0.5, 0.6) is 0 Å². The Morgan fingerprint density at radius 3 is 2.72 bits per heavy atom. The van der Waals surface area contributed by atoms with Gasteiger partial charge >= 0.3 is 0 Å². The zero-order valence-electron chi connectivity index (χ0n) is 12.4. The lowest BCUT2D eigenvalue weighted by Gasteiger charge is -2.31. The van der Waals surface area contributed by atoms with Gasteiger partial charge in [0.05, 0.1) is 13.2 Å². The van der Waals surface area contributed by atoms with Gasteiger partial charge in [0.1, 0.15) is 0 Å². The van der Waals surface area contributed by atoms with Crippen LogP contribution in [0.3, 0.4) is 0 Å². The summed E-state index contributed by atoms with van der Waals surface area (Å²) in [7, 11) is 0. The Kier molecular flexibility index (Phi) is 5.05. The molecule has 2 aliphatic heterocycles. The number of rotatable bonds is 2. The number of morpholine rings is 1. The van der Waals surface area contributed by atoms with E-state index < -0.39 is 0 Å². The van der Waals surface area contributed by atoms with Crippen LogP contribution < -0.4 is 5.32 Å². The van der Waals surface area contributed by atoms with Crippen LogP contribution in [-0.4, -0.2) is 50.3 Å². The van der Waals surface area contributed by atoms with Crippen molar-refractivity contribution in [3.63, 3.8) is 0 Å². The maximum absolute atomic E-state index is 5.54. The van der Waals surface area contributed by atoms with E-state index in [1.165, 1.54) is 32.4 Å². The van der Waals surface area contributed by atoms with E-state index in [-0.39, 0.29) is 0 Å². The molecule has 2 saturated heterocycles. The molecule has 2 unspecified atom stereocenters. The first-order valence-corrected chi connectivity index (χ1v) is 7.59. The van der Waals surface area contributed by atoms with Crippen LogP contribution in [0, 0.1) is 11.3 Å². The molecular formula is C15H30N2O. The number of hydrogen-bond donors (Lipinski definition) is 1. The zero-order valence-corrected chi connectivity index (χ0v) is 12.4. The maximum atomic E-state index is 5.54. The topological polar surface area (TPSA) is 24.5 Å². The second-order valence-corrected chi connectivity index (χ2v) is 7.02. The molecule has 0 aliphatic carbocycles. The average molecular weight is 254 g/mol. The van der Waals surface area contributed by atoms with Crippen molar-refractivity contribution in [2.75, 3.05) is 39.4 Å². The van der Waals surface area contributed by atoms with E-state index >= 15 is 0 Å². The van der Waals surface area contributed by atoms with Crippen LogP contribution in [0.1, 0.15) is 40.0 Å². The standard InChI is InChI=1S/C15H30N2O/c1-15(2,3)13-5-4-8-17(9-6-13)11-14-12-18-10-7-16-14/h13-14,16H,4-12H2,1-3H3. The Labute approximate surface area is 112 Å². The lowest BCUT2D eigenvalue weighted by Crippen LogP contribution is -2.48. The van der Waals surface area contributed by atoms with Gasteiger partial charge in [0, 0.05) is 19.1 Å². The molecule has 0 radical (unpaired) electrons. The second-order valence-electron chi connectivity index (χ2n) is 7.02. The Morgan fingerprint density at radius 1 is 1.22 bits per heavy atom. The Morgan fingerprint density at radius 2 is 2.06 bits per heavy atom. The monoisotopic (exact) mass is 254 g/mol. The quantitative estimate of drug-likeness (QED) is 0.817. The Bertz CT molecular complexity index is 243. The fourth-order valence-corrected chi connectivity index (χ4v) is 3.25. The first-order chi connectivity index (χ1) is 8.55. The van der Waals surface area contributed by atoms with Gasteiger partial charge in [0.2, 0.25) is 0 Å². The summed E-state index contributed by atoms with van der Waals surface area (Å²) in [5.41, 5.74) is 0.474. The molecule has 0 aromatic rings. The summed E-state index contributed by atoms with van der Waals surface area (Å²) >= 11 is 0. The van der Waals surface area contributed by atoms with Crippen molar-refractivity contribution in [3.8, 4) is 0 Å². The summed E-state index contributed by atoms with van der Waals surface area (Å²) in [4.78, 5) is 2.64. The summed E-state index contributed by atoms with van der Waals surface area (Å²) in [5, 5.41) is 3.56. The van der Waals surface area contributed by atoms with E-state index in [2.05, 4.69) is 31.0 Å². The minimum Gasteiger partial charge on any atom is -0.378 e. The molecule has 2 atom stereocenters. The predicted molar refractivity (Wildman–Crippen MR) is 75.8 cm³/mol. The molecule has 3 heteroatoms. The number of nitrogens with one attached hydrogen (secondary N) is 1. The number of ether oxygens (including phenoxy) is 1. The smallest absolute Gasteiger partial charge is 0.0632 e. The summed E-state index contributed by atoms with van der Waals surface area (Å²) in [5.74, 6) is 0.887. The van der Waals surface area contributed by atoms with Crippen molar-refractivity contribution in [1.82, 2.24) is 10.2 Å². The van der Waals surface area contributed by atoms with Gasteiger partial charge in [0.25, 0.3) is 0 Å². The molecule has 2 fully saturated rings. The molecule has 2 heterocycles. The molecule has 3 nitrogen and oxygen atoms in total. The summed E-state index contributed by atoms with van der Waals surface area (Å²) in [6, 6.07) is 0.546. The molecule has 0 saturated carbocycles. The summed E-state index contributed by atoms with van der Waals surface area (Å²) < 4.78 is 5.54. The molecule has 0 aromatic carbocycles. The zero-order chi connectivity index (χ0) is 13.0. The third kappa shape index (κ3) is 4.22. The largest absolute Gasteiger partial charge is 0.378 e. The molecule has 106 valence electrons. The fourth-order valence-electron chi connectivity index (χ4n) is 3.25.